The zero-order valence-electron chi connectivity index (χ0n) is 16.1. The molecule has 2 heterocycles. The molecular weight excluding hydrogens is 438 g/mol. The van der Waals surface area contributed by atoms with Crippen LogP contribution in [0.2, 0.25) is 5.02 Å². The van der Waals surface area contributed by atoms with E-state index < -0.39 is 0 Å². The average Bonchev–Trinajstić information content (AvgIpc) is 3.35. The zero-order valence-corrected chi connectivity index (χ0v) is 18.5. The molecule has 2 aromatic carbocycles. The molecule has 0 spiro atoms. The number of carbonyl (C=O) groups is 1. The smallest absolute Gasteiger partial charge is 0.236 e. The Morgan fingerprint density at radius 1 is 1.13 bits per heavy atom. The Bertz CT molecular complexity index is 1140. The number of thioether (sulfide) groups is 1. The number of hydrogen-bond donors (Lipinski definition) is 1. The first-order valence-electron chi connectivity index (χ1n) is 9.15. The maximum absolute atomic E-state index is 12.3. The van der Waals surface area contributed by atoms with E-state index in [4.69, 9.17) is 11.6 Å². The number of halogens is 1. The van der Waals surface area contributed by atoms with Gasteiger partial charge in [0.05, 0.1) is 11.4 Å². The van der Waals surface area contributed by atoms with Crippen LogP contribution in [0.25, 0.3) is 11.3 Å². The van der Waals surface area contributed by atoms with E-state index in [-0.39, 0.29) is 11.7 Å². The van der Waals surface area contributed by atoms with Crippen LogP contribution in [0.1, 0.15) is 11.4 Å². The normalized spacial score (nSPS) is 10.9. The van der Waals surface area contributed by atoms with Gasteiger partial charge in [-0.3, -0.25) is 4.79 Å². The van der Waals surface area contributed by atoms with Gasteiger partial charge in [0, 0.05) is 29.4 Å². The summed E-state index contributed by atoms with van der Waals surface area (Å²) < 4.78 is 1.92. The average molecular weight is 456 g/mol. The Hall–Kier alpha value is -2.68. The van der Waals surface area contributed by atoms with Gasteiger partial charge in [-0.05, 0) is 17.7 Å². The highest BCUT2D eigenvalue weighted by Gasteiger charge is 2.13. The van der Waals surface area contributed by atoms with Gasteiger partial charge >= 0.3 is 0 Å². The first-order valence-corrected chi connectivity index (χ1v) is 11.4. The van der Waals surface area contributed by atoms with E-state index in [1.54, 1.807) is 0 Å². The Labute approximate surface area is 187 Å². The highest BCUT2D eigenvalue weighted by Crippen LogP contribution is 2.26. The second-order valence-corrected chi connectivity index (χ2v) is 8.74. The van der Waals surface area contributed by atoms with Gasteiger partial charge in [0.1, 0.15) is 5.82 Å². The van der Waals surface area contributed by atoms with Crippen LogP contribution >= 0.6 is 34.7 Å². The fourth-order valence-electron chi connectivity index (χ4n) is 2.77. The quantitative estimate of drug-likeness (QED) is 0.401. The fraction of sp³-hybridized carbons (Fsp3) is 0.143. The second kappa shape index (κ2) is 9.42. The van der Waals surface area contributed by atoms with Crippen molar-refractivity contribution < 1.29 is 4.79 Å². The van der Waals surface area contributed by atoms with Crippen molar-refractivity contribution in [1.82, 2.24) is 19.7 Å². The minimum Gasteiger partial charge on any atom is -0.309 e. The molecule has 0 bridgehead atoms. The van der Waals surface area contributed by atoms with Gasteiger partial charge in [-0.2, -0.15) is 0 Å². The van der Waals surface area contributed by atoms with Crippen molar-refractivity contribution >= 4 is 45.7 Å². The third-order valence-electron chi connectivity index (χ3n) is 4.35. The van der Waals surface area contributed by atoms with Crippen LogP contribution < -0.4 is 5.32 Å². The number of anilines is 1. The first kappa shape index (κ1) is 20.6. The number of amides is 1. The van der Waals surface area contributed by atoms with Crippen molar-refractivity contribution in [3.63, 3.8) is 0 Å². The SMILES string of the molecule is Cn1c(Cc2ccccc2)nnc1SCC(=O)Nc1nc(-c2ccc(Cl)cc2)cs1. The molecule has 30 heavy (non-hydrogen) atoms. The lowest BCUT2D eigenvalue weighted by atomic mass is 10.1. The molecule has 0 atom stereocenters. The number of carbonyl (C=O) groups excluding carboxylic acids is 1. The number of nitrogens with zero attached hydrogens (tertiary/aromatic N) is 4. The largest absolute Gasteiger partial charge is 0.309 e. The van der Waals surface area contributed by atoms with Crippen LogP contribution in [0.15, 0.2) is 65.1 Å². The predicted molar refractivity (Wildman–Crippen MR) is 122 cm³/mol. The van der Waals surface area contributed by atoms with E-state index in [1.807, 2.05) is 59.5 Å². The lowest BCUT2D eigenvalue weighted by Crippen LogP contribution is -2.14. The third kappa shape index (κ3) is 5.08. The van der Waals surface area contributed by atoms with Crippen LogP contribution in [-0.2, 0) is 18.3 Å². The molecule has 9 heteroatoms. The lowest BCUT2D eigenvalue weighted by molar-refractivity contribution is -0.113. The molecule has 0 saturated carbocycles. The highest BCUT2D eigenvalue weighted by atomic mass is 35.5. The van der Waals surface area contributed by atoms with Gasteiger partial charge in [-0.1, -0.05) is 65.8 Å². The Kier molecular flexibility index (Phi) is 6.47. The van der Waals surface area contributed by atoms with E-state index in [2.05, 4.69) is 32.6 Å². The molecule has 1 amide bonds. The Morgan fingerprint density at radius 2 is 1.90 bits per heavy atom. The number of benzene rings is 2. The lowest BCUT2D eigenvalue weighted by Gasteiger charge is -2.04. The van der Waals surface area contributed by atoms with E-state index in [0.29, 0.717) is 21.7 Å². The summed E-state index contributed by atoms with van der Waals surface area (Å²) in [4.78, 5) is 16.8. The van der Waals surface area contributed by atoms with Gasteiger partial charge < -0.3 is 9.88 Å². The zero-order chi connectivity index (χ0) is 20.9. The summed E-state index contributed by atoms with van der Waals surface area (Å²) in [7, 11) is 1.91. The fourth-order valence-corrected chi connectivity index (χ4v) is 4.36. The molecule has 4 rings (SSSR count). The van der Waals surface area contributed by atoms with Gasteiger partial charge in [0.25, 0.3) is 0 Å². The van der Waals surface area contributed by atoms with Crippen molar-refractivity contribution in [3.8, 4) is 11.3 Å². The molecular formula is C21H18ClN5OS2. The summed E-state index contributed by atoms with van der Waals surface area (Å²) in [6.45, 7) is 0. The minimum atomic E-state index is -0.135. The molecule has 0 unspecified atom stereocenters. The summed E-state index contributed by atoms with van der Waals surface area (Å²) in [6.07, 6.45) is 0.698. The minimum absolute atomic E-state index is 0.135. The molecule has 0 saturated heterocycles. The standard InChI is InChI=1S/C21H18ClN5OS2/c1-27-18(11-14-5-3-2-4-6-14)25-26-21(27)30-13-19(28)24-20-23-17(12-29-20)15-7-9-16(22)10-8-15/h2-10,12H,11,13H2,1H3,(H,23,24,28). The van der Waals surface area contributed by atoms with Crippen LogP contribution in [0.4, 0.5) is 5.13 Å². The molecule has 0 aliphatic rings. The molecule has 2 aromatic heterocycles. The maximum Gasteiger partial charge on any atom is 0.236 e. The molecule has 0 aliphatic carbocycles. The monoisotopic (exact) mass is 455 g/mol. The second-order valence-electron chi connectivity index (χ2n) is 6.50. The Balaban J connectivity index is 1.33. The number of thiazole rings is 1. The van der Waals surface area contributed by atoms with Gasteiger partial charge in [-0.25, -0.2) is 4.98 Å². The summed E-state index contributed by atoms with van der Waals surface area (Å²) in [5.41, 5.74) is 2.93. The van der Waals surface area contributed by atoms with Crippen molar-refractivity contribution in [2.24, 2.45) is 7.05 Å². The van der Waals surface area contributed by atoms with Gasteiger partial charge in [-0.15, -0.1) is 21.5 Å². The topological polar surface area (TPSA) is 72.7 Å². The van der Waals surface area contributed by atoms with Crippen LogP contribution in [0, 0.1) is 0 Å². The summed E-state index contributed by atoms with van der Waals surface area (Å²) in [6, 6.07) is 17.5. The van der Waals surface area contributed by atoms with Crippen LogP contribution in [0.5, 0.6) is 0 Å². The van der Waals surface area contributed by atoms with Crippen molar-refractivity contribution in [1.29, 1.82) is 0 Å². The number of nitrogens with one attached hydrogen (secondary N) is 1. The maximum atomic E-state index is 12.3. The molecule has 0 aliphatic heterocycles. The van der Waals surface area contributed by atoms with E-state index in [1.165, 1.54) is 28.7 Å². The number of rotatable bonds is 7. The van der Waals surface area contributed by atoms with E-state index in [9.17, 15) is 4.79 Å². The molecule has 0 radical (unpaired) electrons. The summed E-state index contributed by atoms with van der Waals surface area (Å²) in [5.74, 6) is 0.953. The third-order valence-corrected chi connectivity index (χ3v) is 6.38. The number of aromatic nitrogens is 4. The Morgan fingerprint density at radius 3 is 2.67 bits per heavy atom. The van der Waals surface area contributed by atoms with Crippen LogP contribution in [0.3, 0.4) is 0 Å². The first-order chi connectivity index (χ1) is 14.6. The highest BCUT2D eigenvalue weighted by molar-refractivity contribution is 7.99. The van der Waals surface area contributed by atoms with Crippen molar-refractivity contribution in [2.75, 3.05) is 11.1 Å². The van der Waals surface area contributed by atoms with E-state index in [0.717, 1.165) is 17.1 Å². The summed E-state index contributed by atoms with van der Waals surface area (Å²) >= 11 is 8.66. The number of hydrogen-bond acceptors (Lipinski definition) is 6. The van der Waals surface area contributed by atoms with Gasteiger partial charge in [0.2, 0.25) is 5.91 Å². The van der Waals surface area contributed by atoms with Gasteiger partial charge in [0.15, 0.2) is 10.3 Å². The molecule has 152 valence electrons. The van der Waals surface area contributed by atoms with Crippen molar-refractivity contribution in [3.05, 3.63) is 76.4 Å². The molecule has 4 aromatic rings. The molecule has 1 N–H and O–H groups in total. The van der Waals surface area contributed by atoms with Crippen molar-refractivity contribution in [2.45, 2.75) is 11.6 Å². The predicted octanol–water partition coefficient (Wildman–Crippen LogP) is 4.91. The van der Waals surface area contributed by atoms with Crippen LogP contribution in [-0.4, -0.2) is 31.4 Å². The molecule has 6 nitrogen and oxygen atoms in total. The molecule has 0 fully saturated rings. The van der Waals surface area contributed by atoms with E-state index >= 15 is 0 Å². The summed E-state index contributed by atoms with van der Waals surface area (Å²) in [5, 5.41) is 15.2.